The average molecular weight is 378 g/mol. The molecule has 3 atom stereocenters. The minimum absolute atomic E-state index is 0.0850. The second-order valence-electron chi connectivity index (χ2n) is 6.01. The molecule has 4 rings (SSSR count). The first-order chi connectivity index (χ1) is 12.1. The lowest BCUT2D eigenvalue weighted by Gasteiger charge is -2.26. The maximum Gasteiger partial charge on any atom is 0.218 e. The van der Waals surface area contributed by atoms with Gasteiger partial charge in [0.1, 0.15) is 6.10 Å². The van der Waals surface area contributed by atoms with Crippen molar-refractivity contribution in [3.63, 3.8) is 0 Å². The SMILES string of the molecule is C=CCn1c(-c2ccccc2Cl)nn([C@@H]2CC(=O)[C@H]3OC[C@@H]2O3)c1=S. The number of carbonyl (C=O) groups excluding carboxylic acids is 1. The van der Waals surface area contributed by atoms with Crippen molar-refractivity contribution < 1.29 is 14.3 Å². The smallest absolute Gasteiger partial charge is 0.218 e. The second kappa shape index (κ2) is 6.49. The topological polar surface area (TPSA) is 58.3 Å². The van der Waals surface area contributed by atoms with Gasteiger partial charge in [0.05, 0.1) is 17.7 Å². The third-order valence-corrected chi connectivity index (χ3v) is 5.18. The maximum atomic E-state index is 12.1. The summed E-state index contributed by atoms with van der Waals surface area (Å²) >= 11 is 12.0. The van der Waals surface area contributed by atoms with Gasteiger partial charge in [0.2, 0.25) is 6.29 Å². The van der Waals surface area contributed by atoms with Crippen LogP contribution in [0.1, 0.15) is 12.5 Å². The minimum Gasteiger partial charge on any atom is -0.343 e. The summed E-state index contributed by atoms with van der Waals surface area (Å²) in [7, 11) is 0. The van der Waals surface area contributed by atoms with Crippen molar-refractivity contribution in [3.05, 3.63) is 46.7 Å². The number of hydrogen-bond acceptors (Lipinski definition) is 5. The first kappa shape index (κ1) is 16.7. The molecule has 2 bridgehead atoms. The highest BCUT2D eigenvalue weighted by atomic mass is 35.5. The summed E-state index contributed by atoms with van der Waals surface area (Å²) in [6.07, 6.45) is 1.06. The number of hydrogen-bond donors (Lipinski definition) is 0. The molecule has 2 aliphatic rings. The molecule has 2 saturated heterocycles. The highest BCUT2D eigenvalue weighted by Crippen LogP contribution is 2.34. The van der Waals surface area contributed by atoms with Crippen LogP contribution < -0.4 is 0 Å². The normalized spacial score (nSPS) is 25.3. The zero-order chi connectivity index (χ0) is 17.6. The van der Waals surface area contributed by atoms with Gasteiger partial charge in [0.25, 0.3) is 0 Å². The molecule has 6 nitrogen and oxygen atoms in total. The molecular weight excluding hydrogens is 362 g/mol. The Balaban J connectivity index is 1.83. The molecule has 1 aromatic heterocycles. The molecule has 130 valence electrons. The number of ether oxygens (including phenoxy) is 2. The first-order valence-electron chi connectivity index (χ1n) is 7.95. The summed E-state index contributed by atoms with van der Waals surface area (Å²) in [5, 5.41) is 5.27. The summed E-state index contributed by atoms with van der Waals surface area (Å²) < 4.78 is 15.1. The summed E-state index contributed by atoms with van der Waals surface area (Å²) in [4.78, 5) is 12.1. The van der Waals surface area contributed by atoms with E-state index < -0.39 is 6.29 Å². The van der Waals surface area contributed by atoms with Crippen molar-refractivity contribution in [2.24, 2.45) is 0 Å². The molecule has 2 fully saturated rings. The summed E-state index contributed by atoms with van der Waals surface area (Å²) in [6, 6.07) is 7.16. The maximum absolute atomic E-state index is 12.1. The Hall–Kier alpha value is -1.80. The number of Topliss-reactive ketones (excluding diaryl/α,β-unsaturated/α-hetero) is 1. The van der Waals surface area contributed by atoms with Crippen molar-refractivity contribution in [1.82, 2.24) is 14.3 Å². The molecule has 0 unspecified atom stereocenters. The third kappa shape index (κ3) is 2.77. The van der Waals surface area contributed by atoms with Crippen LogP contribution >= 0.6 is 23.8 Å². The number of benzene rings is 1. The predicted octanol–water partition coefficient (Wildman–Crippen LogP) is 3.18. The highest BCUT2D eigenvalue weighted by molar-refractivity contribution is 7.71. The van der Waals surface area contributed by atoms with E-state index in [1.54, 1.807) is 16.8 Å². The highest BCUT2D eigenvalue weighted by Gasteiger charge is 2.45. The Morgan fingerprint density at radius 2 is 2.24 bits per heavy atom. The fourth-order valence-electron chi connectivity index (χ4n) is 3.23. The number of ketones is 1. The van der Waals surface area contributed by atoms with Crippen LogP contribution in [0.4, 0.5) is 0 Å². The fraction of sp³-hybridized carbons (Fsp3) is 0.353. The van der Waals surface area contributed by atoms with E-state index in [9.17, 15) is 4.79 Å². The lowest BCUT2D eigenvalue weighted by molar-refractivity contribution is -0.156. The number of allylic oxidation sites excluding steroid dienone is 1. The molecule has 1 aromatic carbocycles. The molecule has 0 spiro atoms. The van der Waals surface area contributed by atoms with Crippen LogP contribution in [0.3, 0.4) is 0 Å². The van der Waals surface area contributed by atoms with E-state index >= 15 is 0 Å². The largest absolute Gasteiger partial charge is 0.343 e. The van der Waals surface area contributed by atoms with E-state index in [0.717, 1.165) is 5.56 Å². The van der Waals surface area contributed by atoms with Gasteiger partial charge in [0.15, 0.2) is 16.4 Å². The quantitative estimate of drug-likeness (QED) is 0.605. The van der Waals surface area contributed by atoms with Crippen LogP contribution in [-0.4, -0.2) is 39.1 Å². The van der Waals surface area contributed by atoms with Gasteiger partial charge in [-0.1, -0.05) is 29.8 Å². The van der Waals surface area contributed by atoms with Gasteiger partial charge in [0, 0.05) is 18.5 Å². The van der Waals surface area contributed by atoms with Crippen LogP contribution in [0.5, 0.6) is 0 Å². The standard InChI is InChI=1S/C17H16ClN3O3S/c1-2-7-20-15(10-5-3-4-6-11(10)18)19-21(17(20)25)12-8-13(22)16-23-9-14(12)24-16/h2-6,12,14,16H,1,7-9H2/t12-,14+,16+/m1/s1. The Bertz CT molecular complexity index is 907. The van der Waals surface area contributed by atoms with Crippen LogP contribution in [0.25, 0.3) is 11.4 Å². The van der Waals surface area contributed by atoms with Gasteiger partial charge >= 0.3 is 0 Å². The molecule has 8 heteroatoms. The Morgan fingerprint density at radius 1 is 1.44 bits per heavy atom. The van der Waals surface area contributed by atoms with Crippen LogP contribution in [0.15, 0.2) is 36.9 Å². The van der Waals surface area contributed by atoms with Gasteiger partial charge < -0.3 is 9.47 Å². The lowest BCUT2D eigenvalue weighted by atomic mass is 10.0. The van der Waals surface area contributed by atoms with Crippen molar-refractivity contribution >= 4 is 29.6 Å². The van der Waals surface area contributed by atoms with Crippen molar-refractivity contribution in [1.29, 1.82) is 0 Å². The molecule has 0 N–H and O–H groups in total. The van der Waals surface area contributed by atoms with E-state index in [1.807, 2.05) is 22.8 Å². The Kier molecular flexibility index (Phi) is 4.33. The number of aromatic nitrogens is 3. The van der Waals surface area contributed by atoms with Crippen LogP contribution in [0.2, 0.25) is 5.02 Å². The molecule has 2 aliphatic heterocycles. The number of halogens is 1. The molecule has 0 aliphatic carbocycles. The van der Waals surface area contributed by atoms with E-state index in [0.29, 0.717) is 28.8 Å². The number of rotatable bonds is 4. The summed E-state index contributed by atoms with van der Waals surface area (Å²) in [6.45, 7) is 4.64. The van der Waals surface area contributed by atoms with E-state index in [-0.39, 0.29) is 24.3 Å². The average Bonchev–Trinajstić information content (AvgIpc) is 3.17. The van der Waals surface area contributed by atoms with Crippen LogP contribution in [0, 0.1) is 4.77 Å². The lowest BCUT2D eigenvalue weighted by Crippen LogP contribution is -2.37. The zero-order valence-corrected chi connectivity index (χ0v) is 14.9. The predicted molar refractivity (Wildman–Crippen MR) is 95.0 cm³/mol. The van der Waals surface area contributed by atoms with E-state index in [2.05, 4.69) is 11.7 Å². The second-order valence-corrected chi connectivity index (χ2v) is 6.78. The molecule has 0 radical (unpaired) electrons. The number of fused-ring (bicyclic) bond motifs is 2. The molecule has 0 saturated carbocycles. The molecule has 2 aromatic rings. The van der Waals surface area contributed by atoms with Crippen molar-refractivity contribution in [2.75, 3.05) is 6.61 Å². The summed E-state index contributed by atoms with van der Waals surface area (Å²) in [5.74, 6) is 0.558. The van der Waals surface area contributed by atoms with Gasteiger partial charge in [-0.05, 0) is 24.4 Å². The van der Waals surface area contributed by atoms with E-state index in [1.165, 1.54) is 0 Å². The molecule has 0 amide bonds. The van der Waals surface area contributed by atoms with Gasteiger partial charge in [-0.25, -0.2) is 4.68 Å². The number of carbonyl (C=O) groups is 1. The monoisotopic (exact) mass is 377 g/mol. The summed E-state index contributed by atoms with van der Waals surface area (Å²) in [5.41, 5.74) is 0.777. The third-order valence-electron chi connectivity index (χ3n) is 4.44. The molecular formula is C17H16ClN3O3S. The van der Waals surface area contributed by atoms with Gasteiger partial charge in [-0.15, -0.1) is 6.58 Å². The van der Waals surface area contributed by atoms with Gasteiger partial charge in [-0.3, -0.25) is 9.36 Å². The van der Waals surface area contributed by atoms with Crippen LogP contribution in [-0.2, 0) is 20.8 Å². The van der Waals surface area contributed by atoms with Crippen molar-refractivity contribution in [2.45, 2.75) is 31.4 Å². The molecule has 25 heavy (non-hydrogen) atoms. The van der Waals surface area contributed by atoms with Gasteiger partial charge in [-0.2, -0.15) is 5.10 Å². The van der Waals surface area contributed by atoms with Crippen molar-refractivity contribution in [3.8, 4) is 11.4 Å². The Labute approximate surface area is 154 Å². The Morgan fingerprint density at radius 3 is 3.00 bits per heavy atom. The van der Waals surface area contributed by atoms with E-state index in [4.69, 9.17) is 33.3 Å². The molecule has 3 heterocycles. The number of nitrogens with zero attached hydrogens (tertiary/aromatic N) is 3. The minimum atomic E-state index is -0.742. The zero-order valence-electron chi connectivity index (χ0n) is 13.3. The fourth-order valence-corrected chi connectivity index (χ4v) is 3.79. The first-order valence-corrected chi connectivity index (χ1v) is 8.73.